The van der Waals surface area contributed by atoms with Crippen LogP contribution in [0.2, 0.25) is 0 Å². The second kappa shape index (κ2) is 7.48. The van der Waals surface area contributed by atoms with E-state index in [9.17, 15) is 0 Å². The predicted molar refractivity (Wildman–Crippen MR) is 112 cm³/mol. The van der Waals surface area contributed by atoms with E-state index in [-0.39, 0.29) is 0 Å². The molecule has 0 bridgehead atoms. The van der Waals surface area contributed by atoms with Gasteiger partial charge in [0.25, 0.3) is 0 Å². The Balaban J connectivity index is 1.28. The van der Waals surface area contributed by atoms with Gasteiger partial charge in [-0.3, -0.25) is 9.88 Å². The topological polar surface area (TPSA) is 81.1 Å². The SMILES string of the molecule is Nc1ccc(-c2ncc3c(n2)CCN(Cc2ccc(-c4ccco4)nc2)C3)cc1. The van der Waals surface area contributed by atoms with E-state index in [2.05, 4.69) is 20.9 Å². The zero-order valence-electron chi connectivity index (χ0n) is 16.0. The van der Waals surface area contributed by atoms with E-state index >= 15 is 0 Å². The molecule has 1 aliphatic heterocycles. The van der Waals surface area contributed by atoms with Crippen LogP contribution >= 0.6 is 0 Å². The molecule has 2 N–H and O–H groups in total. The van der Waals surface area contributed by atoms with Crippen LogP contribution in [0.15, 0.2) is 71.6 Å². The molecule has 0 unspecified atom stereocenters. The zero-order valence-corrected chi connectivity index (χ0v) is 16.0. The Kier molecular flexibility index (Phi) is 4.54. The van der Waals surface area contributed by atoms with Crippen molar-refractivity contribution in [3.63, 3.8) is 0 Å². The Morgan fingerprint density at radius 3 is 2.66 bits per heavy atom. The molecule has 6 heteroatoms. The fourth-order valence-corrected chi connectivity index (χ4v) is 3.63. The number of anilines is 1. The first-order chi connectivity index (χ1) is 14.2. The Labute approximate surface area is 169 Å². The van der Waals surface area contributed by atoms with E-state index < -0.39 is 0 Å². The molecule has 144 valence electrons. The van der Waals surface area contributed by atoms with Gasteiger partial charge in [-0.15, -0.1) is 0 Å². The van der Waals surface area contributed by atoms with Crippen LogP contribution in [0.25, 0.3) is 22.8 Å². The minimum atomic E-state index is 0.744. The van der Waals surface area contributed by atoms with Crippen LogP contribution in [-0.2, 0) is 19.5 Å². The van der Waals surface area contributed by atoms with Gasteiger partial charge in [0.05, 0.1) is 12.0 Å². The molecule has 1 aromatic carbocycles. The lowest BCUT2D eigenvalue weighted by Crippen LogP contribution is -2.31. The van der Waals surface area contributed by atoms with Gasteiger partial charge in [-0.1, -0.05) is 6.07 Å². The zero-order chi connectivity index (χ0) is 19.6. The number of nitrogen functional groups attached to an aromatic ring is 1. The highest BCUT2D eigenvalue weighted by Gasteiger charge is 2.19. The van der Waals surface area contributed by atoms with Gasteiger partial charge in [0, 0.05) is 55.3 Å². The fraction of sp³-hybridized carbons (Fsp3) is 0.174. The Hall–Kier alpha value is -3.51. The first kappa shape index (κ1) is 17.6. The molecule has 3 aromatic heterocycles. The van der Waals surface area contributed by atoms with E-state index in [0.29, 0.717) is 0 Å². The highest BCUT2D eigenvalue weighted by atomic mass is 16.3. The maximum atomic E-state index is 5.77. The molecule has 5 rings (SSSR count). The van der Waals surface area contributed by atoms with Crippen molar-refractivity contribution >= 4 is 5.69 Å². The Morgan fingerprint density at radius 1 is 1.00 bits per heavy atom. The molecule has 0 atom stereocenters. The third-order valence-corrected chi connectivity index (χ3v) is 5.19. The quantitative estimate of drug-likeness (QED) is 0.538. The second-order valence-electron chi connectivity index (χ2n) is 7.28. The molecule has 4 heterocycles. The van der Waals surface area contributed by atoms with Gasteiger partial charge in [-0.25, -0.2) is 9.97 Å². The van der Waals surface area contributed by atoms with Gasteiger partial charge >= 0.3 is 0 Å². The third kappa shape index (κ3) is 3.75. The average Bonchev–Trinajstić information content (AvgIpc) is 3.29. The molecular weight excluding hydrogens is 362 g/mol. The maximum Gasteiger partial charge on any atom is 0.159 e. The molecule has 0 spiro atoms. The van der Waals surface area contributed by atoms with Crippen molar-refractivity contribution in [2.24, 2.45) is 0 Å². The number of furan rings is 1. The number of aromatic nitrogens is 3. The van der Waals surface area contributed by atoms with Crippen LogP contribution in [0.1, 0.15) is 16.8 Å². The van der Waals surface area contributed by atoms with Crippen molar-refractivity contribution in [3.05, 3.63) is 84.0 Å². The lowest BCUT2D eigenvalue weighted by Gasteiger charge is -2.28. The van der Waals surface area contributed by atoms with E-state index in [1.54, 1.807) is 6.26 Å². The van der Waals surface area contributed by atoms with Gasteiger partial charge < -0.3 is 10.2 Å². The molecular formula is C23H21N5O. The lowest BCUT2D eigenvalue weighted by atomic mass is 10.1. The highest BCUT2D eigenvalue weighted by Crippen LogP contribution is 2.23. The molecule has 1 aliphatic rings. The van der Waals surface area contributed by atoms with Crippen molar-refractivity contribution in [2.45, 2.75) is 19.5 Å². The predicted octanol–water partition coefficient (Wildman–Crippen LogP) is 3.94. The molecule has 0 amide bonds. The number of hydrogen-bond acceptors (Lipinski definition) is 6. The van der Waals surface area contributed by atoms with Gasteiger partial charge in [0.2, 0.25) is 0 Å². The van der Waals surface area contributed by atoms with Gasteiger partial charge in [-0.05, 0) is 48.0 Å². The minimum Gasteiger partial charge on any atom is -0.463 e. The van der Waals surface area contributed by atoms with Gasteiger partial charge in [0.15, 0.2) is 11.6 Å². The van der Waals surface area contributed by atoms with Crippen LogP contribution in [0.5, 0.6) is 0 Å². The molecule has 4 aromatic rings. The summed E-state index contributed by atoms with van der Waals surface area (Å²) in [5, 5.41) is 0. The van der Waals surface area contributed by atoms with Crippen molar-refractivity contribution in [3.8, 4) is 22.8 Å². The first-order valence-electron chi connectivity index (χ1n) is 9.66. The summed E-state index contributed by atoms with van der Waals surface area (Å²) in [6.07, 6.45) is 6.46. The number of nitrogens with zero attached hydrogens (tertiary/aromatic N) is 4. The molecule has 6 nitrogen and oxygen atoms in total. The number of fused-ring (bicyclic) bond motifs is 1. The summed E-state index contributed by atoms with van der Waals surface area (Å²) in [5.74, 6) is 1.55. The number of benzene rings is 1. The summed E-state index contributed by atoms with van der Waals surface area (Å²) >= 11 is 0. The van der Waals surface area contributed by atoms with Crippen molar-refractivity contribution in [2.75, 3.05) is 12.3 Å². The Bertz CT molecular complexity index is 1110. The normalized spacial score (nSPS) is 13.9. The van der Waals surface area contributed by atoms with Crippen LogP contribution < -0.4 is 5.73 Å². The molecule has 0 saturated heterocycles. The molecule has 29 heavy (non-hydrogen) atoms. The van der Waals surface area contributed by atoms with Crippen LogP contribution in [0.3, 0.4) is 0 Å². The summed E-state index contributed by atoms with van der Waals surface area (Å²) in [7, 11) is 0. The Morgan fingerprint density at radius 2 is 1.90 bits per heavy atom. The molecule has 0 saturated carbocycles. The smallest absolute Gasteiger partial charge is 0.159 e. The molecule has 0 aliphatic carbocycles. The van der Waals surface area contributed by atoms with Crippen molar-refractivity contribution in [1.29, 1.82) is 0 Å². The van der Waals surface area contributed by atoms with Crippen LogP contribution in [-0.4, -0.2) is 26.4 Å². The third-order valence-electron chi connectivity index (χ3n) is 5.19. The minimum absolute atomic E-state index is 0.744. The van der Waals surface area contributed by atoms with E-state index in [1.165, 1.54) is 11.1 Å². The van der Waals surface area contributed by atoms with E-state index in [4.69, 9.17) is 15.1 Å². The standard InChI is InChI=1S/C23H21N5O/c24-19-6-4-17(5-7-19)23-26-13-18-15-28(10-9-20(18)27-23)14-16-3-8-21(25-12-16)22-2-1-11-29-22/h1-8,11-13H,9-10,14-15,24H2. The maximum absolute atomic E-state index is 5.77. The fourth-order valence-electron chi connectivity index (χ4n) is 3.63. The average molecular weight is 383 g/mol. The molecule has 0 radical (unpaired) electrons. The lowest BCUT2D eigenvalue weighted by molar-refractivity contribution is 0.242. The number of pyridine rings is 1. The first-order valence-corrected chi connectivity index (χ1v) is 9.66. The van der Waals surface area contributed by atoms with Crippen molar-refractivity contribution < 1.29 is 4.42 Å². The summed E-state index contributed by atoms with van der Waals surface area (Å²) in [6, 6.07) is 15.6. The number of nitrogens with two attached hydrogens (primary N) is 1. The van der Waals surface area contributed by atoms with E-state index in [0.717, 1.165) is 60.3 Å². The largest absolute Gasteiger partial charge is 0.463 e. The summed E-state index contributed by atoms with van der Waals surface area (Å²) in [4.78, 5) is 16.3. The van der Waals surface area contributed by atoms with Crippen molar-refractivity contribution in [1.82, 2.24) is 19.9 Å². The molecule has 0 fully saturated rings. The van der Waals surface area contributed by atoms with Crippen LogP contribution in [0, 0.1) is 0 Å². The summed E-state index contributed by atoms with van der Waals surface area (Å²) in [5.41, 5.74) is 11.9. The summed E-state index contributed by atoms with van der Waals surface area (Å²) in [6.45, 7) is 2.66. The van der Waals surface area contributed by atoms with Crippen LogP contribution in [0.4, 0.5) is 5.69 Å². The number of rotatable bonds is 4. The number of hydrogen-bond donors (Lipinski definition) is 1. The van der Waals surface area contributed by atoms with E-state index in [1.807, 2.05) is 54.9 Å². The highest BCUT2D eigenvalue weighted by molar-refractivity contribution is 5.59. The monoisotopic (exact) mass is 383 g/mol. The van der Waals surface area contributed by atoms with Gasteiger partial charge in [0.1, 0.15) is 5.69 Å². The second-order valence-corrected chi connectivity index (χ2v) is 7.28. The summed E-state index contributed by atoms with van der Waals surface area (Å²) < 4.78 is 5.40. The van der Waals surface area contributed by atoms with Gasteiger partial charge in [-0.2, -0.15) is 0 Å².